The van der Waals surface area contributed by atoms with E-state index >= 15 is 0 Å². The number of thioether (sulfide) groups is 1. The molecule has 0 fully saturated rings. The molecule has 0 nitrogen and oxygen atoms in total. The van der Waals surface area contributed by atoms with Crippen LogP contribution in [0.3, 0.4) is 0 Å². The van der Waals surface area contributed by atoms with Crippen molar-refractivity contribution >= 4 is 56.9 Å². The molecule has 0 atom stereocenters. The van der Waals surface area contributed by atoms with Gasteiger partial charge in [-0.3, -0.25) is 0 Å². The minimum absolute atomic E-state index is 1.25. The van der Waals surface area contributed by atoms with Crippen molar-refractivity contribution in [3.05, 3.63) is 7.16 Å². The van der Waals surface area contributed by atoms with E-state index in [0.717, 1.165) is 0 Å². The quantitative estimate of drug-likeness (QED) is 0.612. The molecule has 1 heterocycles. The van der Waals surface area contributed by atoms with Gasteiger partial charge in [-0.05, 0) is 45.2 Å². The first kappa shape index (κ1) is 6.67. The van der Waals surface area contributed by atoms with Crippen LogP contribution in [0.1, 0.15) is 0 Å². The predicted octanol–water partition coefficient (Wildman–Crippen LogP) is 2.81. The smallest absolute Gasteiger partial charge is 0.0253 e. The average Bonchev–Trinajstić information content (AvgIpc) is 1.91. The van der Waals surface area contributed by atoms with Crippen LogP contribution in [0.25, 0.3) is 0 Å². The van der Waals surface area contributed by atoms with E-state index in [2.05, 4.69) is 45.2 Å². The van der Waals surface area contributed by atoms with Gasteiger partial charge in [-0.25, -0.2) is 0 Å². The number of hydrogen-bond acceptors (Lipinski definition) is 1. The zero-order valence-electron chi connectivity index (χ0n) is 3.58. The van der Waals surface area contributed by atoms with Gasteiger partial charge in [-0.2, -0.15) is 11.8 Å². The molecule has 7 heavy (non-hydrogen) atoms. The first-order valence-electron chi connectivity index (χ1n) is 1.91. The van der Waals surface area contributed by atoms with Crippen LogP contribution in [0.4, 0.5) is 0 Å². The monoisotopic (exact) mass is 338 g/mol. The first-order chi connectivity index (χ1) is 3.30. The van der Waals surface area contributed by atoms with Crippen LogP contribution < -0.4 is 0 Å². The molecule has 1 aliphatic rings. The van der Waals surface area contributed by atoms with Gasteiger partial charge in [0.1, 0.15) is 0 Å². The average molecular weight is 338 g/mol. The third-order valence-electron chi connectivity index (χ3n) is 0.752. The number of halogens is 2. The molecule has 1 aliphatic heterocycles. The third-order valence-corrected chi connectivity index (χ3v) is 5.87. The summed E-state index contributed by atoms with van der Waals surface area (Å²) in [4.78, 5) is 0. The van der Waals surface area contributed by atoms with Gasteiger partial charge in [0.05, 0.1) is 0 Å². The minimum Gasteiger partial charge on any atom is -0.151 e. The highest BCUT2D eigenvalue weighted by Gasteiger charge is 2.07. The second-order valence-electron chi connectivity index (χ2n) is 1.30. The molecule has 0 aromatic heterocycles. The van der Waals surface area contributed by atoms with Crippen molar-refractivity contribution in [3.8, 4) is 0 Å². The van der Waals surface area contributed by atoms with Crippen molar-refractivity contribution in [1.29, 1.82) is 0 Å². The normalized spacial score (nSPS) is 21.4. The van der Waals surface area contributed by atoms with Gasteiger partial charge >= 0.3 is 0 Å². The molecular formula is C4H4I2S. The summed E-state index contributed by atoms with van der Waals surface area (Å²) in [5.41, 5.74) is 0. The Labute approximate surface area is 74.8 Å². The van der Waals surface area contributed by atoms with Gasteiger partial charge < -0.3 is 0 Å². The van der Waals surface area contributed by atoms with E-state index in [9.17, 15) is 0 Å². The van der Waals surface area contributed by atoms with Crippen LogP contribution in [0.2, 0.25) is 0 Å². The minimum atomic E-state index is 1.25. The highest BCUT2D eigenvalue weighted by Crippen LogP contribution is 2.32. The van der Waals surface area contributed by atoms with Crippen molar-refractivity contribution in [2.75, 3.05) is 11.5 Å². The molecule has 0 bridgehead atoms. The summed E-state index contributed by atoms with van der Waals surface area (Å²) in [6.45, 7) is 0. The highest BCUT2D eigenvalue weighted by molar-refractivity contribution is 14.1. The van der Waals surface area contributed by atoms with Gasteiger partial charge in [-0.15, -0.1) is 0 Å². The molecule has 0 unspecified atom stereocenters. The van der Waals surface area contributed by atoms with Crippen molar-refractivity contribution in [2.24, 2.45) is 0 Å². The molecule has 0 aromatic carbocycles. The zero-order valence-corrected chi connectivity index (χ0v) is 8.71. The largest absolute Gasteiger partial charge is 0.151 e. The number of rotatable bonds is 0. The molecule has 3 heteroatoms. The first-order valence-corrected chi connectivity index (χ1v) is 5.22. The van der Waals surface area contributed by atoms with E-state index in [1.54, 1.807) is 7.16 Å². The zero-order chi connectivity index (χ0) is 5.28. The van der Waals surface area contributed by atoms with Crippen molar-refractivity contribution < 1.29 is 0 Å². The fourth-order valence-electron chi connectivity index (χ4n) is 0.387. The lowest BCUT2D eigenvalue weighted by Crippen LogP contribution is -1.64. The van der Waals surface area contributed by atoms with Crippen LogP contribution >= 0.6 is 56.9 Å². The molecule has 0 aromatic rings. The Bertz CT molecular complexity index is 96.3. The maximum atomic E-state index is 2.41. The summed E-state index contributed by atoms with van der Waals surface area (Å²) in [6.07, 6.45) is 0. The molecule has 0 spiro atoms. The van der Waals surface area contributed by atoms with Crippen molar-refractivity contribution in [1.82, 2.24) is 0 Å². The van der Waals surface area contributed by atoms with E-state index in [4.69, 9.17) is 0 Å². The lowest BCUT2D eigenvalue weighted by atomic mass is 10.6. The maximum Gasteiger partial charge on any atom is 0.0253 e. The SMILES string of the molecule is IC1=C(I)CSC1. The molecule has 0 N–H and O–H groups in total. The van der Waals surface area contributed by atoms with Crippen LogP contribution in [-0.2, 0) is 0 Å². The van der Waals surface area contributed by atoms with Gasteiger partial charge in [0.2, 0.25) is 0 Å². The Morgan fingerprint density at radius 2 is 1.57 bits per heavy atom. The number of hydrogen-bond donors (Lipinski definition) is 0. The Morgan fingerprint density at radius 3 is 1.71 bits per heavy atom. The van der Waals surface area contributed by atoms with Crippen molar-refractivity contribution in [2.45, 2.75) is 0 Å². The van der Waals surface area contributed by atoms with Gasteiger partial charge in [0.15, 0.2) is 0 Å². The summed E-state index contributed by atoms with van der Waals surface area (Å²) >= 11 is 6.82. The Balaban J connectivity index is 2.64. The van der Waals surface area contributed by atoms with Crippen molar-refractivity contribution in [3.63, 3.8) is 0 Å². The highest BCUT2D eigenvalue weighted by atomic mass is 127. The second-order valence-corrected chi connectivity index (χ2v) is 4.89. The van der Waals surface area contributed by atoms with E-state index in [0.29, 0.717) is 0 Å². The predicted molar refractivity (Wildman–Crippen MR) is 52.4 cm³/mol. The molecule has 0 radical (unpaired) electrons. The molecule has 1 rings (SSSR count). The summed E-state index contributed by atoms with van der Waals surface area (Å²) in [6, 6.07) is 0. The van der Waals surface area contributed by atoms with Gasteiger partial charge in [-0.1, -0.05) is 0 Å². The molecule has 0 aliphatic carbocycles. The topological polar surface area (TPSA) is 0 Å². The molecular weight excluding hydrogens is 334 g/mol. The lowest BCUT2D eigenvalue weighted by molar-refractivity contribution is 1.74. The Hall–Kier alpha value is 1.55. The van der Waals surface area contributed by atoms with Gasteiger partial charge in [0, 0.05) is 18.7 Å². The standard InChI is InChI=1S/C4H4I2S/c5-3-1-7-2-4(3)6/h1-2H2. The summed E-state index contributed by atoms with van der Waals surface area (Å²) in [7, 11) is 0. The van der Waals surface area contributed by atoms with Crippen LogP contribution in [0.15, 0.2) is 7.16 Å². The van der Waals surface area contributed by atoms with E-state index in [1.165, 1.54) is 11.5 Å². The molecule has 0 saturated heterocycles. The van der Waals surface area contributed by atoms with Crippen LogP contribution in [0.5, 0.6) is 0 Å². The second kappa shape index (κ2) is 2.91. The molecule has 40 valence electrons. The lowest BCUT2D eigenvalue weighted by Gasteiger charge is -1.81. The van der Waals surface area contributed by atoms with Crippen LogP contribution in [0, 0.1) is 0 Å². The Kier molecular flexibility index (Phi) is 2.77. The van der Waals surface area contributed by atoms with E-state index in [-0.39, 0.29) is 0 Å². The molecule has 0 amide bonds. The summed E-state index contributed by atoms with van der Waals surface area (Å²) in [5.74, 6) is 2.50. The van der Waals surface area contributed by atoms with E-state index < -0.39 is 0 Å². The Morgan fingerprint density at radius 1 is 1.14 bits per heavy atom. The van der Waals surface area contributed by atoms with E-state index in [1.807, 2.05) is 11.8 Å². The fourth-order valence-corrected chi connectivity index (χ4v) is 3.42. The fraction of sp³-hybridized carbons (Fsp3) is 0.500. The van der Waals surface area contributed by atoms with Crippen LogP contribution in [-0.4, -0.2) is 11.5 Å². The summed E-state index contributed by atoms with van der Waals surface area (Å²) < 4.78 is 3.09. The van der Waals surface area contributed by atoms with Gasteiger partial charge in [0.25, 0.3) is 0 Å². The maximum absolute atomic E-state index is 2.41. The third kappa shape index (κ3) is 1.74. The molecule has 0 saturated carbocycles. The summed E-state index contributed by atoms with van der Waals surface area (Å²) in [5, 5.41) is 0.